The van der Waals surface area contributed by atoms with E-state index in [1.807, 2.05) is 28.9 Å². The summed E-state index contributed by atoms with van der Waals surface area (Å²) < 4.78 is 0. The Bertz CT molecular complexity index is 689. The number of piperidine rings is 2. The average Bonchev–Trinajstić information content (AvgIpc) is 2.72. The van der Waals surface area contributed by atoms with Crippen LogP contribution in [-0.4, -0.2) is 59.4 Å². The highest BCUT2D eigenvalue weighted by Crippen LogP contribution is 2.30. The molecule has 0 aromatic carbocycles. The van der Waals surface area contributed by atoms with E-state index >= 15 is 0 Å². The Morgan fingerprint density at radius 2 is 1.85 bits per heavy atom. The number of carbonyl (C=O) groups excluding carboxylic acids is 2. The molecule has 0 radical (unpaired) electrons. The number of nitrogens with zero attached hydrogens (tertiary/aromatic N) is 3. The largest absolute Gasteiger partial charge is 0.339 e. The molecule has 0 aliphatic carbocycles. The minimum Gasteiger partial charge on any atom is -0.339 e. The van der Waals surface area contributed by atoms with E-state index in [2.05, 4.69) is 11.9 Å². The third-order valence-electron chi connectivity index (χ3n) is 5.50. The number of aryl methyl sites for hydroxylation is 1. The molecular formula is C21H30N4O2. The van der Waals surface area contributed by atoms with Gasteiger partial charge in [0.15, 0.2) is 0 Å². The summed E-state index contributed by atoms with van der Waals surface area (Å²) in [5.41, 5.74) is 2.60. The van der Waals surface area contributed by atoms with Gasteiger partial charge in [-0.3, -0.25) is 9.78 Å². The van der Waals surface area contributed by atoms with E-state index in [1.54, 1.807) is 6.08 Å². The number of hydrogen-bond acceptors (Lipinski definition) is 3. The number of nitrogens with one attached hydrogen (secondary N) is 1. The number of carbonyl (C=O) groups is 2. The normalized spacial score (nSPS) is 18.3. The van der Waals surface area contributed by atoms with Gasteiger partial charge in [-0.15, -0.1) is 6.58 Å². The molecule has 1 N–H and O–H groups in total. The topological polar surface area (TPSA) is 65.5 Å². The summed E-state index contributed by atoms with van der Waals surface area (Å²) in [6.45, 7) is 9.12. The van der Waals surface area contributed by atoms with Crippen LogP contribution in [0, 0.1) is 6.92 Å². The van der Waals surface area contributed by atoms with Gasteiger partial charge in [-0.05, 0) is 51.2 Å². The first kappa shape index (κ1) is 19.4. The van der Waals surface area contributed by atoms with Crippen molar-refractivity contribution < 1.29 is 9.59 Å². The third kappa shape index (κ3) is 4.67. The SMILES string of the molecule is C=CCNC(=O)N1CCC(c2nc(C)ccc2C(=O)N2CCCCC2)CC1. The Morgan fingerprint density at radius 3 is 2.52 bits per heavy atom. The zero-order valence-electron chi connectivity index (χ0n) is 16.2. The molecule has 6 nitrogen and oxygen atoms in total. The Morgan fingerprint density at radius 1 is 1.15 bits per heavy atom. The molecule has 2 fully saturated rings. The van der Waals surface area contributed by atoms with E-state index in [9.17, 15) is 9.59 Å². The molecule has 3 rings (SSSR count). The van der Waals surface area contributed by atoms with Crippen LogP contribution in [0.4, 0.5) is 4.79 Å². The van der Waals surface area contributed by atoms with Crippen LogP contribution in [0.3, 0.4) is 0 Å². The van der Waals surface area contributed by atoms with Crippen molar-refractivity contribution in [2.24, 2.45) is 0 Å². The molecule has 2 aliphatic heterocycles. The van der Waals surface area contributed by atoms with Gasteiger partial charge in [-0.2, -0.15) is 0 Å². The Hall–Kier alpha value is -2.37. The average molecular weight is 370 g/mol. The maximum absolute atomic E-state index is 13.1. The summed E-state index contributed by atoms with van der Waals surface area (Å²) in [6, 6.07) is 3.83. The van der Waals surface area contributed by atoms with Gasteiger partial charge in [0.25, 0.3) is 5.91 Å². The Labute approximate surface area is 161 Å². The number of rotatable bonds is 4. The maximum Gasteiger partial charge on any atom is 0.317 e. The van der Waals surface area contributed by atoms with Crippen LogP contribution in [0.15, 0.2) is 24.8 Å². The van der Waals surface area contributed by atoms with Gasteiger partial charge in [0.1, 0.15) is 0 Å². The fourth-order valence-electron chi connectivity index (χ4n) is 3.96. The molecule has 1 aromatic rings. The van der Waals surface area contributed by atoms with Crippen molar-refractivity contribution in [3.05, 3.63) is 41.7 Å². The molecule has 2 aliphatic rings. The van der Waals surface area contributed by atoms with Gasteiger partial charge in [-0.25, -0.2) is 4.79 Å². The Kier molecular flexibility index (Phi) is 6.48. The van der Waals surface area contributed by atoms with Crippen molar-refractivity contribution in [3.63, 3.8) is 0 Å². The van der Waals surface area contributed by atoms with E-state index in [-0.39, 0.29) is 17.9 Å². The molecule has 3 amide bonds. The molecule has 146 valence electrons. The van der Waals surface area contributed by atoms with Gasteiger partial charge in [0.05, 0.1) is 11.3 Å². The lowest BCUT2D eigenvalue weighted by molar-refractivity contribution is 0.0721. The van der Waals surface area contributed by atoms with Gasteiger partial charge in [-0.1, -0.05) is 6.08 Å². The first-order valence-corrected chi connectivity index (χ1v) is 10.0. The fraction of sp³-hybridized carbons (Fsp3) is 0.571. The highest BCUT2D eigenvalue weighted by atomic mass is 16.2. The van der Waals surface area contributed by atoms with Crippen LogP contribution in [-0.2, 0) is 0 Å². The molecule has 1 aromatic heterocycles. The van der Waals surface area contributed by atoms with E-state index < -0.39 is 0 Å². The first-order chi connectivity index (χ1) is 13.1. The van der Waals surface area contributed by atoms with Crippen molar-refractivity contribution in [2.75, 3.05) is 32.7 Å². The maximum atomic E-state index is 13.1. The number of hydrogen-bond donors (Lipinski definition) is 1. The predicted molar refractivity (Wildman–Crippen MR) is 106 cm³/mol. The van der Waals surface area contributed by atoms with Crippen LogP contribution in [0.25, 0.3) is 0 Å². The zero-order chi connectivity index (χ0) is 19.2. The second-order valence-electron chi connectivity index (χ2n) is 7.47. The van der Waals surface area contributed by atoms with Crippen LogP contribution < -0.4 is 5.32 Å². The highest BCUT2D eigenvalue weighted by Gasteiger charge is 2.29. The summed E-state index contributed by atoms with van der Waals surface area (Å²) >= 11 is 0. The summed E-state index contributed by atoms with van der Waals surface area (Å²) in [4.78, 5) is 33.8. The summed E-state index contributed by atoms with van der Waals surface area (Å²) in [6.07, 6.45) is 6.71. The second-order valence-corrected chi connectivity index (χ2v) is 7.47. The van der Waals surface area contributed by atoms with E-state index in [1.165, 1.54) is 6.42 Å². The van der Waals surface area contributed by atoms with Crippen LogP contribution in [0.5, 0.6) is 0 Å². The van der Waals surface area contributed by atoms with Crippen LogP contribution in [0.2, 0.25) is 0 Å². The van der Waals surface area contributed by atoms with Crippen molar-refractivity contribution in [1.82, 2.24) is 20.1 Å². The van der Waals surface area contributed by atoms with Crippen molar-refractivity contribution in [2.45, 2.75) is 44.9 Å². The highest BCUT2D eigenvalue weighted by molar-refractivity contribution is 5.95. The lowest BCUT2D eigenvalue weighted by Crippen LogP contribution is -2.44. The van der Waals surface area contributed by atoms with Crippen LogP contribution in [0.1, 0.15) is 59.8 Å². The van der Waals surface area contributed by atoms with E-state index in [0.29, 0.717) is 19.6 Å². The van der Waals surface area contributed by atoms with Gasteiger partial charge in [0.2, 0.25) is 0 Å². The second kappa shape index (κ2) is 9.02. The van der Waals surface area contributed by atoms with Gasteiger partial charge < -0.3 is 15.1 Å². The quantitative estimate of drug-likeness (QED) is 0.829. The van der Waals surface area contributed by atoms with Crippen molar-refractivity contribution in [1.29, 1.82) is 0 Å². The Balaban J connectivity index is 1.71. The van der Waals surface area contributed by atoms with E-state index in [4.69, 9.17) is 4.98 Å². The molecule has 3 heterocycles. The first-order valence-electron chi connectivity index (χ1n) is 10.0. The molecule has 0 saturated carbocycles. The molecule has 2 saturated heterocycles. The summed E-state index contributed by atoms with van der Waals surface area (Å²) in [5, 5.41) is 2.83. The molecule has 27 heavy (non-hydrogen) atoms. The molecule has 0 unspecified atom stereocenters. The number of urea groups is 1. The number of pyridine rings is 1. The number of amides is 3. The third-order valence-corrected chi connectivity index (χ3v) is 5.50. The van der Waals surface area contributed by atoms with Crippen molar-refractivity contribution in [3.8, 4) is 0 Å². The predicted octanol–water partition coefficient (Wildman–Crippen LogP) is 3.09. The van der Waals surface area contributed by atoms with E-state index in [0.717, 1.165) is 55.7 Å². The van der Waals surface area contributed by atoms with Crippen molar-refractivity contribution >= 4 is 11.9 Å². The molecule has 6 heteroatoms. The van der Waals surface area contributed by atoms with Gasteiger partial charge >= 0.3 is 6.03 Å². The lowest BCUT2D eigenvalue weighted by Gasteiger charge is -2.33. The summed E-state index contributed by atoms with van der Waals surface area (Å²) in [5.74, 6) is 0.334. The van der Waals surface area contributed by atoms with Gasteiger partial charge in [0, 0.05) is 44.3 Å². The fourth-order valence-corrected chi connectivity index (χ4v) is 3.96. The molecular weight excluding hydrogens is 340 g/mol. The standard InChI is InChI=1S/C21H30N4O2/c1-3-11-22-21(27)25-14-9-17(10-15-25)19-18(8-7-16(2)23-19)20(26)24-12-5-4-6-13-24/h3,7-8,17H,1,4-6,9-15H2,2H3,(H,22,27). The molecule has 0 bridgehead atoms. The monoisotopic (exact) mass is 370 g/mol. The number of likely N-dealkylation sites (tertiary alicyclic amines) is 2. The minimum atomic E-state index is -0.0461. The minimum absolute atomic E-state index is 0.0461. The lowest BCUT2D eigenvalue weighted by atomic mass is 9.89. The smallest absolute Gasteiger partial charge is 0.317 e. The molecule has 0 spiro atoms. The van der Waals surface area contributed by atoms with Crippen LogP contribution >= 0.6 is 0 Å². The molecule has 0 atom stereocenters. The number of aromatic nitrogens is 1. The zero-order valence-corrected chi connectivity index (χ0v) is 16.2. The summed E-state index contributed by atoms with van der Waals surface area (Å²) in [7, 11) is 0.